The van der Waals surface area contributed by atoms with Gasteiger partial charge in [-0.15, -0.1) is 0 Å². The van der Waals surface area contributed by atoms with Crippen LogP contribution in [-0.2, 0) is 15.0 Å². The van der Waals surface area contributed by atoms with Gasteiger partial charge in [-0.1, -0.05) is 30.3 Å². The lowest BCUT2D eigenvalue weighted by Crippen LogP contribution is -2.65. The Morgan fingerprint density at radius 3 is 2.00 bits per heavy atom. The van der Waals surface area contributed by atoms with Crippen molar-refractivity contribution in [2.45, 2.75) is 5.41 Å². The first kappa shape index (κ1) is 11.7. The quantitative estimate of drug-likeness (QED) is 0.519. The molecule has 0 bridgehead atoms. The number of rotatable bonds is 2. The highest BCUT2D eigenvalue weighted by atomic mass is 32.1. The molecule has 17 heavy (non-hydrogen) atoms. The van der Waals surface area contributed by atoms with Crippen LogP contribution in [0.15, 0.2) is 30.3 Å². The van der Waals surface area contributed by atoms with Gasteiger partial charge < -0.3 is 0 Å². The van der Waals surface area contributed by atoms with Gasteiger partial charge in [-0.25, -0.2) is 4.79 Å². The summed E-state index contributed by atoms with van der Waals surface area (Å²) in [7, 11) is 0. The Balaban J connectivity index is 2.54. The van der Waals surface area contributed by atoms with Gasteiger partial charge in [0, 0.05) is 5.75 Å². The van der Waals surface area contributed by atoms with Gasteiger partial charge in [0.05, 0.1) is 0 Å². The van der Waals surface area contributed by atoms with Crippen LogP contribution >= 0.6 is 12.6 Å². The van der Waals surface area contributed by atoms with Gasteiger partial charge in [-0.2, -0.15) is 12.6 Å². The minimum absolute atomic E-state index is 0.0119. The van der Waals surface area contributed by atoms with Crippen molar-refractivity contribution >= 4 is 30.5 Å². The standard InChI is InChI=1S/C11H10N2O3S/c14-8-11(6-17,7-4-2-1-3-5-7)9(15)13-10(16)12-8/h1-5,17H,6H2,(H2,12,13,14,15,16). The summed E-state index contributed by atoms with van der Waals surface area (Å²) >= 11 is 4.08. The Bertz CT molecular complexity index is 467. The highest BCUT2D eigenvalue weighted by molar-refractivity contribution is 7.80. The topological polar surface area (TPSA) is 75.3 Å². The second kappa shape index (κ2) is 4.21. The van der Waals surface area contributed by atoms with Crippen LogP contribution in [0.3, 0.4) is 0 Å². The number of imide groups is 2. The second-order valence-electron chi connectivity index (χ2n) is 3.67. The molecular weight excluding hydrogens is 240 g/mol. The maximum absolute atomic E-state index is 11.9. The minimum Gasteiger partial charge on any atom is -0.276 e. The summed E-state index contributed by atoms with van der Waals surface area (Å²) in [6, 6.07) is 7.73. The number of hydrogen-bond donors (Lipinski definition) is 3. The zero-order valence-corrected chi connectivity index (χ0v) is 9.66. The van der Waals surface area contributed by atoms with Crippen molar-refractivity contribution in [2.75, 3.05) is 5.75 Å². The van der Waals surface area contributed by atoms with E-state index in [1.807, 2.05) is 0 Å². The van der Waals surface area contributed by atoms with Crippen molar-refractivity contribution in [1.82, 2.24) is 10.6 Å². The van der Waals surface area contributed by atoms with Crippen molar-refractivity contribution in [1.29, 1.82) is 0 Å². The summed E-state index contributed by atoms with van der Waals surface area (Å²) in [5.41, 5.74) is -0.935. The molecule has 2 N–H and O–H groups in total. The van der Waals surface area contributed by atoms with Crippen LogP contribution in [0, 0.1) is 0 Å². The summed E-state index contributed by atoms with van der Waals surface area (Å²) in [6.07, 6.45) is 0. The molecule has 0 unspecified atom stereocenters. The highest BCUT2D eigenvalue weighted by Gasteiger charge is 2.50. The van der Waals surface area contributed by atoms with Crippen molar-refractivity contribution in [2.24, 2.45) is 0 Å². The zero-order chi connectivity index (χ0) is 12.5. The molecule has 1 aliphatic rings. The fraction of sp³-hybridized carbons (Fsp3) is 0.182. The first-order valence-electron chi connectivity index (χ1n) is 4.94. The van der Waals surface area contributed by atoms with E-state index in [1.165, 1.54) is 0 Å². The molecule has 1 saturated heterocycles. The molecule has 0 spiro atoms. The molecule has 1 aliphatic heterocycles. The Hall–Kier alpha value is -1.82. The molecule has 1 aromatic rings. The SMILES string of the molecule is O=C1NC(=O)C(CS)(c2ccccc2)C(=O)N1. The van der Waals surface area contributed by atoms with Crippen LogP contribution in [0.4, 0.5) is 4.79 Å². The third kappa shape index (κ3) is 1.70. The number of carbonyl (C=O) groups excluding carboxylic acids is 3. The van der Waals surface area contributed by atoms with Gasteiger partial charge in [0.15, 0.2) is 5.41 Å². The molecule has 0 aliphatic carbocycles. The maximum Gasteiger partial charge on any atom is 0.328 e. The summed E-state index contributed by atoms with van der Waals surface area (Å²) in [5, 5.41) is 4.18. The van der Waals surface area contributed by atoms with E-state index in [0.29, 0.717) is 5.56 Å². The molecule has 4 amide bonds. The van der Waals surface area contributed by atoms with Crippen LogP contribution in [0.5, 0.6) is 0 Å². The maximum atomic E-state index is 11.9. The predicted molar refractivity (Wildman–Crippen MR) is 63.7 cm³/mol. The number of nitrogens with one attached hydrogen (secondary N) is 2. The Labute approximate surface area is 103 Å². The first-order chi connectivity index (χ1) is 8.11. The Morgan fingerprint density at radius 2 is 1.53 bits per heavy atom. The van der Waals surface area contributed by atoms with E-state index in [-0.39, 0.29) is 5.75 Å². The summed E-state index contributed by atoms with van der Waals surface area (Å²) in [4.78, 5) is 34.9. The monoisotopic (exact) mass is 250 g/mol. The van der Waals surface area contributed by atoms with Gasteiger partial charge >= 0.3 is 6.03 Å². The molecule has 2 rings (SSSR count). The van der Waals surface area contributed by atoms with Gasteiger partial charge in [-0.05, 0) is 5.56 Å². The molecule has 1 heterocycles. The average molecular weight is 250 g/mol. The number of carbonyl (C=O) groups is 3. The van der Waals surface area contributed by atoms with Crippen molar-refractivity contribution < 1.29 is 14.4 Å². The van der Waals surface area contributed by atoms with Crippen LogP contribution in [0.25, 0.3) is 0 Å². The molecule has 88 valence electrons. The van der Waals surface area contributed by atoms with Gasteiger partial charge in [0.25, 0.3) is 0 Å². The van der Waals surface area contributed by atoms with Crippen molar-refractivity contribution in [3.8, 4) is 0 Å². The normalized spacial score (nSPS) is 18.5. The number of amides is 4. The predicted octanol–water partition coefficient (Wildman–Crippen LogP) is 0.220. The first-order valence-corrected chi connectivity index (χ1v) is 5.58. The minimum atomic E-state index is -1.45. The molecule has 0 aromatic heterocycles. The molecule has 5 nitrogen and oxygen atoms in total. The van der Waals surface area contributed by atoms with E-state index in [4.69, 9.17) is 0 Å². The van der Waals surface area contributed by atoms with Crippen LogP contribution in [-0.4, -0.2) is 23.6 Å². The smallest absolute Gasteiger partial charge is 0.276 e. The number of urea groups is 1. The van der Waals surface area contributed by atoms with Crippen LogP contribution in [0.1, 0.15) is 5.56 Å². The Kier molecular flexibility index (Phi) is 2.89. The van der Waals surface area contributed by atoms with Gasteiger partial charge in [-0.3, -0.25) is 20.2 Å². The average Bonchev–Trinajstić information content (AvgIpc) is 2.30. The van der Waals surface area contributed by atoms with E-state index in [9.17, 15) is 14.4 Å². The molecule has 1 aromatic carbocycles. The fourth-order valence-corrected chi connectivity index (χ4v) is 2.24. The van der Waals surface area contributed by atoms with Crippen molar-refractivity contribution in [3.63, 3.8) is 0 Å². The third-order valence-corrected chi connectivity index (χ3v) is 3.21. The molecule has 0 atom stereocenters. The molecular formula is C11H10N2O3S. The van der Waals surface area contributed by atoms with E-state index < -0.39 is 23.3 Å². The van der Waals surface area contributed by atoms with Crippen LogP contribution < -0.4 is 10.6 Å². The van der Waals surface area contributed by atoms with E-state index >= 15 is 0 Å². The molecule has 1 fully saturated rings. The molecule has 0 saturated carbocycles. The number of hydrogen-bond acceptors (Lipinski definition) is 4. The van der Waals surface area contributed by atoms with Gasteiger partial charge in [0.2, 0.25) is 11.8 Å². The lowest BCUT2D eigenvalue weighted by molar-refractivity contribution is -0.137. The van der Waals surface area contributed by atoms with E-state index in [0.717, 1.165) is 0 Å². The largest absolute Gasteiger partial charge is 0.328 e. The van der Waals surface area contributed by atoms with Gasteiger partial charge in [0.1, 0.15) is 0 Å². The lowest BCUT2D eigenvalue weighted by Gasteiger charge is -2.32. The molecule has 6 heteroatoms. The number of benzene rings is 1. The van der Waals surface area contributed by atoms with Crippen LogP contribution in [0.2, 0.25) is 0 Å². The summed E-state index contributed by atoms with van der Waals surface area (Å²) in [5.74, 6) is -1.30. The number of thiol groups is 1. The zero-order valence-electron chi connectivity index (χ0n) is 8.77. The van der Waals surface area contributed by atoms with E-state index in [1.54, 1.807) is 30.3 Å². The summed E-state index contributed by atoms with van der Waals surface area (Å²) < 4.78 is 0. The highest BCUT2D eigenvalue weighted by Crippen LogP contribution is 2.28. The van der Waals surface area contributed by atoms with E-state index in [2.05, 4.69) is 23.3 Å². The second-order valence-corrected chi connectivity index (χ2v) is 3.98. The fourth-order valence-electron chi connectivity index (χ4n) is 1.77. The lowest BCUT2D eigenvalue weighted by atomic mass is 9.79. The van der Waals surface area contributed by atoms with Crippen molar-refractivity contribution in [3.05, 3.63) is 35.9 Å². The molecule has 0 radical (unpaired) electrons. The third-order valence-electron chi connectivity index (χ3n) is 2.73. The number of barbiturate groups is 1. The summed E-state index contributed by atoms with van der Waals surface area (Å²) in [6.45, 7) is 0. The Morgan fingerprint density at radius 1 is 1.00 bits per heavy atom.